The molecule has 0 radical (unpaired) electrons. The molecule has 0 spiro atoms. The van der Waals surface area contributed by atoms with Gasteiger partial charge in [-0.05, 0) is 31.2 Å². The number of hydrogen-bond acceptors (Lipinski definition) is 5. The molecule has 2 aromatic rings. The van der Waals surface area contributed by atoms with Gasteiger partial charge in [-0.1, -0.05) is 24.3 Å². The zero-order valence-corrected chi connectivity index (χ0v) is 13.7. The van der Waals surface area contributed by atoms with Gasteiger partial charge in [0.1, 0.15) is 5.75 Å². The van der Waals surface area contributed by atoms with Gasteiger partial charge >= 0.3 is 5.97 Å². The average Bonchev–Trinajstić information content (AvgIpc) is 2.61. The molecule has 2 rings (SSSR count). The molecule has 0 aliphatic heterocycles. The second kappa shape index (κ2) is 9.27. The summed E-state index contributed by atoms with van der Waals surface area (Å²) in [6.07, 6.45) is 0. The maximum Gasteiger partial charge on any atom is 0.344 e. The quantitative estimate of drug-likeness (QED) is 0.743. The van der Waals surface area contributed by atoms with E-state index in [2.05, 4.69) is 5.32 Å². The van der Waals surface area contributed by atoms with Crippen LogP contribution >= 0.6 is 0 Å². The number of halogens is 1. The van der Waals surface area contributed by atoms with Crippen molar-refractivity contribution in [2.24, 2.45) is 0 Å². The van der Waals surface area contributed by atoms with E-state index in [4.69, 9.17) is 14.2 Å². The molecule has 0 saturated carbocycles. The largest absolute Gasteiger partial charge is 0.492 e. The minimum atomic E-state index is -0.781. The first-order chi connectivity index (χ1) is 12.1. The molecule has 2 aromatic carbocycles. The number of esters is 1. The Kier molecular flexibility index (Phi) is 6.76. The van der Waals surface area contributed by atoms with Gasteiger partial charge in [-0.3, -0.25) is 4.79 Å². The van der Waals surface area contributed by atoms with E-state index in [-0.39, 0.29) is 5.75 Å². The molecule has 0 atom stereocenters. The molecular formula is C18H18FNO5. The van der Waals surface area contributed by atoms with Crippen molar-refractivity contribution in [2.75, 3.05) is 25.1 Å². The first-order valence-corrected chi connectivity index (χ1v) is 7.64. The highest BCUT2D eigenvalue weighted by molar-refractivity contribution is 5.94. The Morgan fingerprint density at radius 2 is 1.64 bits per heavy atom. The van der Waals surface area contributed by atoms with Gasteiger partial charge in [0, 0.05) is 0 Å². The van der Waals surface area contributed by atoms with E-state index in [1.165, 1.54) is 18.2 Å². The SMILES string of the molecule is CCOc1ccccc1NC(=O)COC(=O)COc1ccccc1F. The fourth-order valence-electron chi connectivity index (χ4n) is 1.92. The Hall–Kier alpha value is -3.09. The van der Waals surface area contributed by atoms with Gasteiger partial charge in [0.2, 0.25) is 0 Å². The van der Waals surface area contributed by atoms with Gasteiger partial charge in [-0.25, -0.2) is 9.18 Å². The van der Waals surface area contributed by atoms with Crippen molar-refractivity contribution < 1.29 is 28.2 Å². The molecule has 0 fully saturated rings. The van der Waals surface area contributed by atoms with E-state index in [0.29, 0.717) is 18.0 Å². The Morgan fingerprint density at radius 1 is 0.960 bits per heavy atom. The van der Waals surface area contributed by atoms with Crippen LogP contribution in [0.2, 0.25) is 0 Å². The second-order valence-corrected chi connectivity index (χ2v) is 4.86. The minimum absolute atomic E-state index is 0.0606. The third-order valence-electron chi connectivity index (χ3n) is 3.01. The molecule has 7 heteroatoms. The molecule has 0 unspecified atom stereocenters. The minimum Gasteiger partial charge on any atom is -0.492 e. The van der Waals surface area contributed by atoms with E-state index in [0.717, 1.165) is 0 Å². The first-order valence-electron chi connectivity index (χ1n) is 7.64. The third kappa shape index (κ3) is 5.80. The van der Waals surface area contributed by atoms with Gasteiger partial charge in [0.25, 0.3) is 5.91 Å². The molecule has 25 heavy (non-hydrogen) atoms. The fourth-order valence-corrected chi connectivity index (χ4v) is 1.92. The monoisotopic (exact) mass is 347 g/mol. The summed E-state index contributed by atoms with van der Waals surface area (Å²) < 4.78 is 28.5. The summed E-state index contributed by atoms with van der Waals surface area (Å²) in [5.41, 5.74) is 0.480. The molecule has 0 bridgehead atoms. The third-order valence-corrected chi connectivity index (χ3v) is 3.01. The first kappa shape index (κ1) is 18.3. The van der Waals surface area contributed by atoms with Crippen molar-refractivity contribution in [1.82, 2.24) is 0 Å². The lowest BCUT2D eigenvalue weighted by Crippen LogP contribution is -2.24. The van der Waals surface area contributed by atoms with Crippen molar-refractivity contribution in [2.45, 2.75) is 6.92 Å². The molecular weight excluding hydrogens is 329 g/mol. The highest BCUT2D eigenvalue weighted by Gasteiger charge is 2.12. The van der Waals surface area contributed by atoms with E-state index in [1.807, 2.05) is 6.92 Å². The van der Waals surface area contributed by atoms with Crippen LogP contribution in [0.25, 0.3) is 0 Å². The zero-order valence-electron chi connectivity index (χ0n) is 13.7. The zero-order chi connectivity index (χ0) is 18.1. The number of anilines is 1. The molecule has 0 aliphatic carbocycles. The van der Waals surface area contributed by atoms with Crippen molar-refractivity contribution in [3.63, 3.8) is 0 Å². The van der Waals surface area contributed by atoms with Crippen LogP contribution in [0.15, 0.2) is 48.5 Å². The number of carbonyl (C=O) groups is 2. The lowest BCUT2D eigenvalue weighted by Gasteiger charge is -2.11. The lowest BCUT2D eigenvalue weighted by molar-refractivity contribution is -0.149. The molecule has 0 saturated heterocycles. The molecule has 0 aliphatic rings. The average molecular weight is 347 g/mol. The molecule has 1 N–H and O–H groups in total. The van der Waals surface area contributed by atoms with Crippen LogP contribution in [0.1, 0.15) is 6.92 Å². The van der Waals surface area contributed by atoms with E-state index < -0.39 is 30.9 Å². The number of hydrogen-bond donors (Lipinski definition) is 1. The summed E-state index contributed by atoms with van der Waals surface area (Å²) in [5.74, 6) is -1.43. The van der Waals surface area contributed by atoms with Gasteiger partial charge in [0.05, 0.1) is 12.3 Å². The van der Waals surface area contributed by atoms with Crippen LogP contribution < -0.4 is 14.8 Å². The highest BCUT2D eigenvalue weighted by atomic mass is 19.1. The van der Waals surface area contributed by atoms with Gasteiger partial charge < -0.3 is 19.5 Å². The Bertz CT molecular complexity index is 735. The molecule has 0 aromatic heterocycles. The second-order valence-electron chi connectivity index (χ2n) is 4.86. The van der Waals surface area contributed by atoms with Gasteiger partial charge in [0.15, 0.2) is 24.8 Å². The van der Waals surface area contributed by atoms with Crippen LogP contribution in [0.5, 0.6) is 11.5 Å². The van der Waals surface area contributed by atoms with Crippen LogP contribution in [0.3, 0.4) is 0 Å². The van der Waals surface area contributed by atoms with Gasteiger partial charge in [-0.2, -0.15) is 0 Å². The topological polar surface area (TPSA) is 73.9 Å². The standard InChI is InChI=1S/C18H18FNO5/c1-2-23-16-10-6-4-8-14(16)20-17(21)11-25-18(22)12-24-15-9-5-3-7-13(15)19/h3-10H,2,11-12H2,1H3,(H,20,21). The number of para-hydroxylation sites is 3. The van der Waals surface area contributed by atoms with Crippen LogP contribution in [-0.2, 0) is 14.3 Å². The Morgan fingerprint density at radius 3 is 2.36 bits per heavy atom. The van der Waals surface area contributed by atoms with Crippen LogP contribution in [0, 0.1) is 5.82 Å². The van der Waals surface area contributed by atoms with Gasteiger partial charge in [-0.15, -0.1) is 0 Å². The summed E-state index contributed by atoms with van der Waals surface area (Å²) >= 11 is 0. The maximum absolute atomic E-state index is 13.3. The normalized spacial score (nSPS) is 10.0. The molecule has 0 heterocycles. The predicted molar refractivity (Wildman–Crippen MR) is 89.1 cm³/mol. The molecule has 6 nitrogen and oxygen atoms in total. The number of carbonyl (C=O) groups excluding carboxylic acids is 2. The predicted octanol–water partition coefficient (Wildman–Crippen LogP) is 2.79. The number of rotatable bonds is 8. The summed E-state index contributed by atoms with van der Waals surface area (Å²) in [5, 5.41) is 2.59. The summed E-state index contributed by atoms with van der Waals surface area (Å²) in [4.78, 5) is 23.4. The molecule has 1 amide bonds. The number of ether oxygens (including phenoxy) is 3. The van der Waals surface area contributed by atoms with Crippen molar-refractivity contribution in [3.8, 4) is 11.5 Å². The summed E-state index contributed by atoms with van der Waals surface area (Å²) in [6, 6.07) is 12.6. The van der Waals surface area contributed by atoms with Crippen molar-refractivity contribution in [3.05, 3.63) is 54.3 Å². The van der Waals surface area contributed by atoms with Crippen molar-refractivity contribution in [1.29, 1.82) is 0 Å². The van der Waals surface area contributed by atoms with Crippen LogP contribution in [0.4, 0.5) is 10.1 Å². The smallest absolute Gasteiger partial charge is 0.344 e. The Labute approximate surface area is 144 Å². The van der Waals surface area contributed by atoms with Crippen LogP contribution in [-0.4, -0.2) is 31.7 Å². The Balaban J connectivity index is 1.78. The molecule has 132 valence electrons. The van der Waals surface area contributed by atoms with E-state index >= 15 is 0 Å². The number of amides is 1. The number of nitrogens with one attached hydrogen (secondary N) is 1. The fraction of sp³-hybridized carbons (Fsp3) is 0.222. The highest BCUT2D eigenvalue weighted by Crippen LogP contribution is 2.23. The van der Waals surface area contributed by atoms with Crippen molar-refractivity contribution >= 4 is 17.6 Å². The maximum atomic E-state index is 13.3. The van der Waals surface area contributed by atoms with E-state index in [1.54, 1.807) is 30.3 Å². The van der Waals surface area contributed by atoms with E-state index in [9.17, 15) is 14.0 Å². The summed E-state index contributed by atoms with van der Waals surface area (Å²) in [7, 11) is 0. The number of benzene rings is 2. The summed E-state index contributed by atoms with van der Waals surface area (Å²) in [6.45, 7) is 1.30. The lowest BCUT2D eigenvalue weighted by atomic mass is 10.3.